The Morgan fingerprint density at radius 3 is 2.65 bits per heavy atom. The Labute approximate surface area is 186 Å². The van der Waals surface area contributed by atoms with Gasteiger partial charge in [0, 0.05) is 11.6 Å². The first-order valence-electron chi connectivity index (χ1n) is 9.99. The van der Waals surface area contributed by atoms with Crippen LogP contribution in [0, 0.1) is 0 Å². The van der Waals surface area contributed by atoms with Crippen molar-refractivity contribution < 1.29 is 13.2 Å². The lowest BCUT2D eigenvalue weighted by Gasteiger charge is -2.30. The number of nitrogens with zero attached hydrogens (tertiary/aromatic N) is 2. The van der Waals surface area contributed by atoms with Crippen LogP contribution < -0.4 is 9.62 Å². The van der Waals surface area contributed by atoms with Crippen LogP contribution in [0.25, 0.3) is 0 Å². The van der Waals surface area contributed by atoms with Crippen LogP contribution in [0.2, 0.25) is 5.02 Å². The van der Waals surface area contributed by atoms with Crippen molar-refractivity contribution in [1.82, 2.24) is 4.98 Å². The van der Waals surface area contributed by atoms with E-state index in [1.165, 1.54) is 16.4 Å². The fourth-order valence-electron chi connectivity index (χ4n) is 3.62. The molecule has 31 heavy (non-hydrogen) atoms. The number of pyridine rings is 1. The molecule has 2 heterocycles. The smallest absolute Gasteiger partial charge is 0.264 e. The average molecular weight is 456 g/mol. The Morgan fingerprint density at radius 1 is 1.13 bits per heavy atom. The molecule has 0 aliphatic carbocycles. The molecule has 0 fully saturated rings. The summed E-state index contributed by atoms with van der Waals surface area (Å²) in [6.07, 6.45) is 2.91. The normalized spacial score (nSPS) is 14.6. The van der Waals surface area contributed by atoms with Crippen molar-refractivity contribution in [2.24, 2.45) is 0 Å². The van der Waals surface area contributed by atoms with Crippen LogP contribution >= 0.6 is 11.6 Å². The molecule has 1 aromatic heterocycles. The number of carbonyl (C=O) groups excluding carboxylic acids is 1. The van der Waals surface area contributed by atoms with Crippen molar-refractivity contribution in [2.45, 2.75) is 30.6 Å². The van der Waals surface area contributed by atoms with Crippen LogP contribution in [-0.2, 0) is 21.2 Å². The molecule has 0 saturated carbocycles. The van der Waals surface area contributed by atoms with Gasteiger partial charge in [-0.25, -0.2) is 8.42 Å². The molecule has 4 rings (SSSR count). The Hall–Kier alpha value is -2.90. The lowest BCUT2D eigenvalue weighted by molar-refractivity contribution is -0.117. The molecule has 0 radical (unpaired) electrons. The van der Waals surface area contributed by atoms with Crippen LogP contribution in [0.4, 0.5) is 11.4 Å². The van der Waals surface area contributed by atoms with Gasteiger partial charge in [-0.3, -0.25) is 14.1 Å². The Bertz CT molecular complexity index is 1220. The summed E-state index contributed by atoms with van der Waals surface area (Å²) in [5, 5.41) is 3.22. The van der Waals surface area contributed by atoms with E-state index in [2.05, 4.69) is 10.3 Å². The fraction of sp³-hybridized carbons (Fsp3) is 0.217. The largest absolute Gasteiger partial charge is 0.324 e. The summed E-state index contributed by atoms with van der Waals surface area (Å²) in [5.74, 6) is -0.545. The van der Waals surface area contributed by atoms with E-state index in [0.717, 1.165) is 5.56 Å². The second kappa shape index (κ2) is 8.69. The van der Waals surface area contributed by atoms with E-state index in [-0.39, 0.29) is 16.7 Å². The highest BCUT2D eigenvalue weighted by Gasteiger charge is 2.30. The molecule has 1 aliphatic heterocycles. The zero-order chi connectivity index (χ0) is 22.0. The molecule has 8 heteroatoms. The summed E-state index contributed by atoms with van der Waals surface area (Å²) in [6.45, 7) is 2.16. The van der Waals surface area contributed by atoms with E-state index in [0.29, 0.717) is 41.5 Å². The number of carbonyl (C=O) groups is 1. The van der Waals surface area contributed by atoms with E-state index < -0.39 is 10.0 Å². The van der Waals surface area contributed by atoms with Gasteiger partial charge in [0.2, 0.25) is 5.91 Å². The van der Waals surface area contributed by atoms with E-state index in [1.54, 1.807) is 24.4 Å². The zero-order valence-electron chi connectivity index (χ0n) is 17.0. The lowest BCUT2D eigenvalue weighted by Crippen LogP contribution is -2.36. The highest BCUT2D eigenvalue weighted by molar-refractivity contribution is 7.92. The molecule has 1 N–H and O–H groups in total. The zero-order valence-corrected chi connectivity index (χ0v) is 18.5. The van der Waals surface area contributed by atoms with Gasteiger partial charge >= 0.3 is 0 Å². The van der Waals surface area contributed by atoms with Gasteiger partial charge in [-0.1, -0.05) is 48.0 Å². The van der Waals surface area contributed by atoms with Gasteiger partial charge in [-0.2, -0.15) is 0 Å². The van der Waals surface area contributed by atoms with Crippen molar-refractivity contribution in [2.75, 3.05) is 16.2 Å². The van der Waals surface area contributed by atoms with Gasteiger partial charge in [0.25, 0.3) is 10.0 Å². The van der Waals surface area contributed by atoms with Crippen LogP contribution in [0.1, 0.15) is 30.5 Å². The third kappa shape index (κ3) is 4.43. The number of aryl methyl sites for hydroxylation is 1. The number of amides is 1. The van der Waals surface area contributed by atoms with Crippen molar-refractivity contribution in [1.29, 1.82) is 0 Å². The maximum Gasteiger partial charge on any atom is 0.264 e. The number of hydrogen-bond donors (Lipinski definition) is 1. The third-order valence-electron chi connectivity index (χ3n) is 5.34. The summed E-state index contributed by atoms with van der Waals surface area (Å²) in [7, 11) is -3.81. The van der Waals surface area contributed by atoms with Gasteiger partial charge in [0.05, 0.1) is 34.1 Å². The maximum absolute atomic E-state index is 13.3. The molecule has 2 aromatic carbocycles. The van der Waals surface area contributed by atoms with E-state index >= 15 is 0 Å². The summed E-state index contributed by atoms with van der Waals surface area (Å²) in [4.78, 5) is 17.3. The SMILES string of the molecule is C[C@H](C(=O)Nc1cnc2c(c1)N(S(=O)(=O)c1cccc(Cl)c1)CCC2)c1ccccc1. The summed E-state index contributed by atoms with van der Waals surface area (Å²) >= 11 is 6.01. The molecule has 0 saturated heterocycles. The number of sulfonamides is 1. The highest BCUT2D eigenvalue weighted by atomic mass is 35.5. The molecular formula is C23H22ClN3O3S. The number of aromatic nitrogens is 1. The number of fused-ring (bicyclic) bond motifs is 1. The maximum atomic E-state index is 13.3. The molecular weight excluding hydrogens is 434 g/mol. The molecule has 3 aromatic rings. The molecule has 0 bridgehead atoms. The molecule has 1 atom stereocenters. The number of halogens is 1. The summed E-state index contributed by atoms with van der Waals surface area (Å²) in [6, 6.07) is 17.4. The Balaban J connectivity index is 1.63. The second-order valence-electron chi connectivity index (χ2n) is 7.45. The van der Waals surface area contributed by atoms with Gasteiger partial charge < -0.3 is 5.32 Å². The van der Waals surface area contributed by atoms with Gasteiger partial charge in [-0.05, 0) is 49.6 Å². The second-order valence-corrected chi connectivity index (χ2v) is 9.75. The first kappa shape index (κ1) is 21.3. The van der Waals surface area contributed by atoms with Gasteiger partial charge in [-0.15, -0.1) is 0 Å². The minimum absolute atomic E-state index is 0.125. The van der Waals surface area contributed by atoms with E-state index in [9.17, 15) is 13.2 Å². The van der Waals surface area contributed by atoms with Crippen LogP contribution in [0.15, 0.2) is 71.8 Å². The molecule has 0 spiro atoms. The highest BCUT2D eigenvalue weighted by Crippen LogP contribution is 2.33. The topological polar surface area (TPSA) is 79.4 Å². The first-order valence-corrected chi connectivity index (χ1v) is 11.8. The minimum atomic E-state index is -3.81. The quantitative estimate of drug-likeness (QED) is 0.608. The molecule has 160 valence electrons. The molecule has 6 nitrogen and oxygen atoms in total. The number of rotatable bonds is 5. The number of anilines is 2. The third-order valence-corrected chi connectivity index (χ3v) is 7.38. The summed E-state index contributed by atoms with van der Waals surface area (Å²) in [5.41, 5.74) is 2.53. The molecule has 1 aliphatic rings. The van der Waals surface area contributed by atoms with Gasteiger partial charge in [0.1, 0.15) is 0 Å². The molecule has 0 unspecified atom stereocenters. The van der Waals surface area contributed by atoms with Crippen LogP contribution in [0.5, 0.6) is 0 Å². The van der Waals surface area contributed by atoms with Crippen molar-refractivity contribution in [3.8, 4) is 0 Å². The van der Waals surface area contributed by atoms with Crippen LogP contribution in [0.3, 0.4) is 0 Å². The predicted octanol–water partition coefficient (Wildman–Crippen LogP) is 4.62. The number of benzene rings is 2. The monoisotopic (exact) mass is 455 g/mol. The lowest BCUT2D eigenvalue weighted by atomic mass is 10.0. The van der Waals surface area contributed by atoms with Gasteiger partial charge in [0.15, 0.2) is 0 Å². The number of hydrogen-bond acceptors (Lipinski definition) is 4. The van der Waals surface area contributed by atoms with Crippen molar-refractivity contribution in [3.63, 3.8) is 0 Å². The van der Waals surface area contributed by atoms with E-state index in [4.69, 9.17) is 11.6 Å². The summed E-state index contributed by atoms with van der Waals surface area (Å²) < 4.78 is 27.9. The van der Waals surface area contributed by atoms with Crippen LogP contribution in [-0.4, -0.2) is 25.9 Å². The average Bonchev–Trinajstić information content (AvgIpc) is 2.78. The Kier molecular flexibility index (Phi) is 5.98. The standard InChI is InChI=1S/C23H22ClN3O3S/c1-16(17-7-3-2-4-8-17)23(28)26-19-14-22-21(25-15-19)11-6-12-27(22)31(29,30)20-10-5-9-18(24)13-20/h2-5,7-10,13-16H,6,11-12H2,1H3,(H,26,28)/t16-/m0/s1. The predicted molar refractivity (Wildman–Crippen MR) is 122 cm³/mol. The molecule has 1 amide bonds. The fourth-order valence-corrected chi connectivity index (χ4v) is 5.44. The van der Waals surface area contributed by atoms with Crippen molar-refractivity contribution in [3.05, 3.63) is 83.1 Å². The van der Waals surface area contributed by atoms with E-state index in [1.807, 2.05) is 37.3 Å². The van der Waals surface area contributed by atoms with Crippen molar-refractivity contribution >= 4 is 38.9 Å². The number of nitrogens with one attached hydrogen (secondary N) is 1. The first-order chi connectivity index (χ1) is 14.9. The Morgan fingerprint density at radius 2 is 1.90 bits per heavy atom. The minimum Gasteiger partial charge on any atom is -0.324 e.